The first-order valence-corrected chi connectivity index (χ1v) is 9.89. The molecular formula is C20H21N3O4S. The van der Waals surface area contributed by atoms with Gasteiger partial charge in [-0.1, -0.05) is 12.1 Å². The van der Waals surface area contributed by atoms with Crippen LogP contribution in [0, 0.1) is 10.1 Å². The molecule has 2 aromatic carbocycles. The van der Waals surface area contributed by atoms with Crippen LogP contribution in [-0.4, -0.2) is 33.4 Å². The summed E-state index contributed by atoms with van der Waals surface area (Å²) in [6, 6.07) is 13.6. The number of likely N-dealkylation sites (tertiary alicyclic amines) is 1. The fraction of sp³-hybridized carbons (Fsp3) is 0.300. The van der Waals surface area contributed by atoms with Gasteiger partial charge in [0.2, 0.25) is 11.8 Å². The molecule has 1 saturated heterocycles. The molecule has 1 fully saturated rings. The van der Waals surface area contributed by atoms with Gasteiger partial charge in [0.15, 0.2) is 0 Å². The van der Waals surface area contributed by atoms with E-state index in [1.165, 1.54) is 23.9 Å². The molecule has 2 amide bonds. The lowest BCUT2D eigenvalue weighted by atomic mass is 10.2. The number of non-ortho nitro benzene ring substituents is 1. The van der Waals surface area contributed by atoms with Crippen molar-refractivity contribution < 1.29 is 14.5 Å². The van der Waals surface area contributed by atoms with Crippen molar-refractivity contribution in [3.63, 3.8) is 0 Å². The summed E-state index contributed by atoms with van der Waals surface area (Å²) in [6.07, 6.45) is 1.50. The van der Waals surface area contributed by atoms with E-state index in [1.807, 2.05) is 29.2 Å². The highest BCUT2D eigenvalue weighted by atomic mass is 32.2. The molecule has 28 heavy (non-hydrogen) atoms. The molecule has 7 nitrogen and oxygen atoms in total. The summed E-state index contributed by atoms with van der Waals surface area (Å²) in [6.45, 7) is 3.11. The SMILES string of the molecule is CC(Sc1ccc([N+](=O)[O-])cc1)C(=O)Nc1cccc(CN2CCCC2=O)c1. The van der Waals surface area contributed by atoms with Crippen LogP contribution in [0.4, 0.5) is 11.4 Å². The van der Waals surface area contributed by atoms with Gasteiger partial charge in [0, 0.05) is 42.2 Å². The van der Waals surface area contributed by atoms with Crippen LogP contribution in [0.5, 0.6) is 0 Å². The van der Waals surface area contributed by atoms with Gasteiger partial charge in [-0.2, -0.15) is 0 Å². The Kier molecular flexibility index (Phi) is 6.30. The number of thioether (sulfide) groups is 1. The Labute approximate surface area is 167 Å². The molecule has 1 heterocycles. The van der Waals surface area contributed by atoms with E-state index >= 15 is 0 Å². The Morgan fingerprint density at radius 1 is 1.29 bits per heavy atom. The van der Waals surface area contributed by atoms with Gasteiger partial charge in [-0.3, -0.25) is 19.7 Å². The van der Waals surface area contributed by atoms with Crippen molar-refractivity contribution in [3.05, 3.63) is 64.2 Å². The predicted molar refractivity (Wildman–Crippen MR) is 108 cm³/mol. The number of hydrogen-bond donors (Lipinski definition) is 1. The molecule has 0 bridgehead atoms. The molecule has 0 aromatic heterocycles. The Balaban J connectivity index is 1.58. The van der Waals surface area contributed by atoms with Crippen molar-refractivity contribution >= 4 is 35.0 Å². The average Bonchev–Trinajstić information content (AvgIpc) is 3.07. The van der Waals surface area contributed by atoms with Crippen molar-refractivity contribution in [3.8, 4) is 0 Å². The molecule has 8 heteroatoms. The van der Waals surface area contributed by atoms with E-state index in [0.717, 1.165) is 23.4 Å². The van der Waals surface area contributed by atoms with Crippen LogP contribution < -0.4 is 5.32 Å². The maximum absolute atomic E-state index is 12.5. The number of rotatable bonds is 7. The molecule has 1 aliphatic heterocycles. The van der Waals surface area contributed by atoms with Crippen LogP contribution in [-0.2, 0) is 16.1 Å². The molecule has 1 unspecified atom stereocenters. The average molecular weight is 399 g/mol. The van der Waals surface area contributed by atoms with E-state index in [9.17, 15) is 19.7 Å². The summed E-state index contributed by atoms with van der Waals surface area (Å²) >= 11 is 1.33. The minimum absolute atomic E-state index is 0.0229. The molecule has 1 N–H and O–H groups in total. The molecule has 146 valence electrons. The number of anilines is 1. The zero-order chi connectivity index (χ0) is 20.1. The first-order valence-electron chi connectivity index (χ1n) is 9.01. The fourth-order valence-corrected chi connectivity index (χ4v) is 3.85. The molecule has 0 spiro atoms. The predicted octanol–water partition coefficient (Wildman–Crippen LogP) is 3.84. The van der Waals surface area contributed by atoms with Crippen LogP contribution in [0.3, 0.4) is 0 Å². The Morgan fingerprint density at radius 3 is 2.68 bits per heavy atom. The summed E-state index contributed by atoms with van der Waals surface area (Å²) in [5, 5.41) is 13.2. The van der Waals surface area contributed by atoms with Crippen molar-refractivity contribution in [1.82, 2.24) is 4.90 Å². The van der Waals surface area contributed by atoms with Gasteiger partial charge in [-0.25, -0.2) is 0 Å². The third-order valence-corrected chi connectivity index (χ3v) is 5.58. The highest BCUT2D eigenvalue weighted by Gasteiger charge is 2.20. The number of benzene rings is 2. The number of nitrogens with zero attached hydrogens (tertiary/aromatic N) is 2. The van der Waals surface area contributed by atoms with E-state index in [-0.39, 0.29) is 22.8 Å². The molecule has 2 aromatic rings. The van der Waals surface area contributed by atoms with Gasteiger partial charge in [-0.05, 0) is 43.2 Å². The van der Waals surface area contributed by atoms with Crippen molar-refractivity contribution in [2.24, 2.45) is 0 Å². The second-order valence-electron chi connectivity index (χ2n) is 6.62. The lowest BCUT2D eigenvalue weighted by Gasteiger charge is -2.17. The van der Waals surface area contributed by atoms with Crippen LogP contribution in [0.15, 0.2) is 53.4 Å². The molecule has 0 aliphatic carbocycles. The van der Waals surface area contributed by atoms with Gasteiger partial charge in [-0.15, -0.1) is 11.8 Å². The van der Waals surface area contributed by atoms with E-state index in [1.54, 1.807) is 19.1 Å². The monoisotopic (exact) mass is 399 g/mol. The van der Waals surface area contributed by atoms with E-state index < -0.39 is 4.92 Å². The van der Waals surface area contributed by atoms with Gasteiger partial charge < -0.3 is 10.2 Å². The molecule has 0 radical (unpaired) electrons. The highest BCUT2D eigenvalue weighted by Crippen LogP contribution is 2.26. The highest BCUT2D eigenvalue weighted by molar-refractivity contribution is 8.00. The van der Waals surface area contributed by atoms with Crippen LogP contribution in [0.2, 0.25) is 0 Å². The van der Waals surface area contributed by atoms with Crippen molar-refractivity contribution in [2.75, 3.05) is 11.9 Å². The number of nitrogens with one attached hydrogen (secondary N) is 1. The topological polar surface area (TPSA) is 92.5 Å². The number of carbonyl (C=O) groups excluding carboxylic acids is 2. The normalized spacial score (nSPS) is 14.8. The number of nitro benzene ring substituents is 1. The summed E-state index contributed by atoms with van der Waals surface area (Å²) in [5.74, 6) is 0.0142. The van der Waals surface area contributed by atoms with E-state index in [4.69, 9.17) is 0 Å². The minimum Gasteiger partial charge on any atom is -0.338 e. The van der Waals surface area contributed by atoms with Crippen molar-refractivity contribution in [2.45, 2.75) is 36.5 Å². The number of nitro groups is 1. The molecular weight excluding hydrogens is 378 g/mol. The van der Waals surface area contributed by atoms with Gasteiger partial charge in [0.1, 0.15) is 0 Å². The lowest BCUT2D eigenvalue weighted by Crippen LogP contribution is -2.24. The molecule has 1 atom stereocenters. The summed E-state index contributed by atoms with van der Waals surface area (Å²) in [5.41, 5.74) is 1.68. The van der Waals surface area contributed by atoms with E-state index in [2.05, 4.69) is 5.32 Å². The first kappa shape index (κ1) is 19.9. The Bertz CT molecular complexity index is 885. The van der Waals surface area contributed by atoms with Crippen LogP contribution in [0.25, 0.3) is 0 Å². The van der Waals surface area contributed by atoms with Crippen LogP contribution in [0.1, 0.15) is 25.3 Å². The maximum atomic E-state index is 12.5. The molecule has 1 aliphatic rings. The summed E-state index contributed by atoms with van der Waals surface area (Å²) in [7, 11) is 0. The third-order valence-electron chi connectivity index (χ3n) is 4.47. The molecule has 3 rings (SSSR count). The van der Waals surface area contributed by atoms with E-state index in [0.29, 0.717) is 18.7 Å². The number of hydrogen-bond acceptors (Lipinski definition) is 5. The minimum atomic E-state index is -0.451. The lowest BCUT2D eigenvalue weighted by molar-refractivity contribution is -0.384. The second-order valence-corrected chi connectivity index (χ2v) is 8.03. The number of amides is 2. The quantitative estimate of drug-likeness (QED) is 0.434. The fourth-order valence-electron chi connectivity index (χ4n) is 2.99. The first-order chi connectivity index (χ1) is 13.4. The smallest absolute Gasteiger partial charge is 0.269 e. The standard InChI is InChI=1S/C20H21N3O4S/c1-14(28-18-9-7-17(8-10-18)23(26)27)20(25)21-16-5-2-4-15(12-16)13-22-11-3-6-19(22)24/h2,4-5,7-10,12,14H,3,6,11,13H2,1H3,(H,21,25). The van der Waals surface area contributed by atoms with Gasteiger partial charge in [0.05, 0.1) is 10.2 Å². The Morgan fingerprint density at radius 2 is 2.04 bits per heavy atom. The van der Waals surface area contributed by atoms with Crippen LogP contribution >= 0.6 is 11.8 Å². The summed E-state index contributed by atoms with van der Waals surface area (Å²) < 4.78 is 0. The van der Waals surface area contributed by atoms with Gasteiger partial charge in [0.25, 0.3) is 5.69 Å². The zero-order valence-corrected chi connectivity index (χ0v) is 16.3. The Hall–Kier alpha value is -2.87. The number of carbonyl (C=O) groups is 2. The summed E-state index contributed by atoms with van der Waals surface area (Å²) in [4.78, 5) is 37.1. The molecule has 0 saturated carbocycles. The van der Waals surface area contributed by atoms with Crippen molar-refractivity contribution in [1.29, 1.82) is 0 Å². The maximum Gasteiger partial charge on any atom is 0.269 e. The third kappa shape index (κ3) is 5.10. The largest absolute Gasteiger partial charge is 0.338 e. The van der Waals surface area contributed by atoms with Gasteiger partial charge >= 0.3 is 0 Å². The zero-order valence-electron chi connectivity index (χ0n) is 15.5. The second kappa shape index (κ2) is 8.88.